The van der Waals surface area contributed by atoms with Gasteiger partial charge in [-0.05, 0) is 17.7 Å². The molecule has 0 amide bonds. The highest BCUT2D eigenvalue weighted by Gasteiger charge is 1.96. The second kappa shape index (κ2) is 4.05. The van der Waals surface area contributed by atoms with E-state index in [9.17, 15) is 0 Å². The first kappa shape index (κ1) is 8.95. The van der Waals surface area contributed by atoms with Gasteiger partial charge in [0.05, 0.1) is 0 Å². The van der Waals surface area contributed by atoms with Gasteiger partial charge in [0, 0.05) is 24.7 Å². The number of hydrogen-bond donors (Lipinski definition) is 0. The van der Waals surface area contributed by atoms with Crippen molar-refractivity contribution >= 4 is 0 Å². The lowest BCUT2D eigenvalue weighted by Crippen LogP contribution is -1.92. The molecule has 0 fully saturated rings. The highest BCUT2D eigenvalue weighted by Crippen LogP contribution is 2.07. The van der Waals surface area contributed by atoms with Gasteiger partial charge >= 0.3 is 0 Å². The van der Waals surface area contributed by atoms with E-state index >= 15 is 0 Å². The van der Waals surface area contributed by atoms with Crippen molar-refractivity contribution in [1.82, 2.24) is 4.98 Å². The maximum Gasteiger partial charge on any atom is 0.0451 e. The number of aromatic nitrogens is 1. The van der Waals surface area contributed by atoms with Crippen LogP contribution in [0.1, 0.15) is 17.0 Å². The average molecular weight is 181 g/mol. The molecule has 0 unspecified atom stereocenters. The van der Waals surface area contributed by atoms with Gasteiger partial charge in [0.2, 0.25) is 0 Å². The Balaban J connectivity index is 2.19. The lowest BCUT2D eigenvalue weighted by atomic mass is 10.1. The van der Waals surface area contributed by atoms with Gasteiger partial charge in [-0.2, -0.15) is 0 Å². The summed E-state index contributed by atoms with van der Waals surface area (Å²) in [6.45, 7) is 5.60. The fourth-order valence-electron chi connectivity index (χ4n) is 1.40. The summed E-state index contributed by atoms with van der Waals surface area (Å²) in [6.07, 6.45) is 0.839. The molecule has 14 heavy (non-hydrogen) atoms. The van der Waals surface area contributed by atoms with Crippen LogP contribution in [-0.4, -0.2) is 4.98 Å². The van der Waals surface area contributed by atoms with Crippen LogP contribution in [0.15, 0.2) is 48.5 Å². The molecule has 0 atom stereocenters. The third kappa shape index (κ3) is 2.19. The molecule has 68 valence electrons. The number of benzene rings is 1. The van der Waals surface area contributed by atoms with Gasteiger partial charge in [0.1, 0.15) is 0 Å². The topological polar surface area (TPSA) is 12.9 Å². The lowest BCUT2D eigenvalue weighted by Gasteiger charge is -2.01. The molecule has 0 bridgehead atoms. The van der Waals surface area contributed by atoms with E-state index in [0.29, 0.717) is 5.69 Å². The monoisotopic (exact) mass is 181 g/mol. The van der Waals surface area contributed by atoms with Crippen LogP contribution >= 0.6 is 0 Å². The Morgan fingerprint density at radius 3 is 2.43 bits per heavy atom. The first-order chi connectivity index (χ1) is 6.84. The van der Waals surface area contributed by atoms with Crippen LogP contribution in [0.5, 0.6) is 0 Å². The summed E-state index contributed by atoms with van der Waals surface area (Å²) < 4.78 is 0. The van der Waals surface area contributed by atoms with Crippen LogP contribution in [0.4, 0.5) is 0 Å². The quantitative estimate of drug-likeness (QED) is 0.694. The molecule has 0 aliphatic heterocycles. The number of hydrogen-bond acceptors (Lipinski definition) is 1. The van der Waals surface area contributed by atoms with Crippen LogP contribution in [0.25, 0.3) is 0 Å². The third-order valence-electron chi connectivity index (χ3n) is 2.06. The zero-order valence-corrected chi connectivity index (χ0v) is 7.85. The van der Waals surface area contributed by atoms with Crippen LogP contribution in [0.2, 0.25) is 0 Å². The minimum absolute atomic E-state index is 0.582. The van der Waals surface area contributed by atoms with E-state index in [1.807, 2.05) is 30.3 Å². The van der Waals surface area contributed by atoms with Crippen LogP contribution < -0.4 is 0 Å². The normalized spacial score (nSPS) is 10.1. The molecule has 1 heterocycles. The summed E-state index contributed by atoms with van der Waals surface area (Å²) in [5, 5.41) is 0. The molecule has 0 saturated carbocycles. The van der Waals surface area contributed by atoms with Crippen molar-refractivity contribution < 1.29 is 0 Å². The fourth-order valence-corrected chi connectivity index (χ4v) is 1.40. The van der Waals surface area contributed by atoms with Crippen molar-refractivity contribution in [3.63, 3.8) is 0 Å². The predicted octanol–water partition coefficient (Wildman–Crippen LogP) is 2.73. The number of pyridine rings is 1. The standard InChI is InChI=1S/C13H11N/c1-11-6-5-9-13(14-11)10-12-7-3-2-4-8-12/h1-9H,10H2. The SMILES string of the molecule is [CH]c1cccc(Cc2ccccc2)n1. The Bertz CT molecular complexity index is 407. The Labute approximate surface area is 84.4 Å². The second-order valence-corrected chi connectivity index (χ2v) is 3.22. The third-order valence-corrected chi connectivity index (χ3v) is 2.06. The number of rotatable bonds is 2. The molecular weight excluding hydrogens is 170 g/mol. The Morgan fingerprint density at radius 1 is 0.929 bits per heavy atom. The smallest absolute Gasteiger partial charge is 0.0451 e. The molecular formula is C13H11N. The summed E-state index contributed by atoms with van der Waals surface area (Å²) in [6, 6.07) is 16.0. The van der Waals surface area contributed by atoms with E-state index in [-0.39, 0.29) is 0 Å². The van der Waals surface area contributed by atoms with Gasteiger partial charge in [0.25, 0.3) is 0 Å². The van der Waals surface area contributed by atoms with Gasteiger partial charge in [-0.25, -0.2) is 0 Å². The van der Waals surface area contributed by atoms with Crippen molar-refractivity contribution in [3.8, 4) is 0 Å². The van der Waals surface area contributed by atoms with Gasteiger partial charge in [-0.15, -0.1) is 0 Å². The van der Waals surface area contributed by atoms with Crippen LogP contribution in [0.3, 0.4) is 0 Å². The molecule has 1 nitrogen and oxygen atoms in total. The zero-order valence-electron chi connectivity index (χ0n) is 7.85. The van der Waals surface area contributed by atoms with E-state index in [0.717, 1.165) is 12.1 Å². The van der Waals surface area contributed by atoms with Crippen molar-refractivity contribution in [2.24, 2.45) is 0 Å². The molecule has 2 radical (unpaired) electrons. The molecule has 2 rings (SSSR count). The summed E-state index contributed by atoms with van der Waals surface area (Å²) in [4.78, 5) is 4.25. The molecule has 1 aromatic carbocycles. The predicted molar refractivity (Wildman–Crippen MR) is 56.9 cm³/mol. The van der Waals surface area contributed by atoms with Crippen molar-refractivity contribution in [2.75, 3.05) is 0 Å². The van der Waals surface area contributed by atoms with Gasteiger partial charge in [-0.1, -0.05) is 36.4 Å². The van der Waals surface area contributed by atoms with Crippen LogP contribution in [0, 0.1) is 6.92 Å². The van der Waals surface area contributed by atoms with E-state index in [1.165, 1.54) is 5.56 Å². The summed E-state index contributed by atoms with van der Waals surface area (Å²) in [7, 11) is 0. The minimum atomic E-state index is 0.582. The average Bonchev–Trinajstić information content (AvgIpc) is 2.19. The molecule has 0 N–H and O–H groups in total. The van der Waals surface area contributed by atoms with Gasteiger partial charge in [0.15, 0.2) is 0 Å². The second-order valence-electron chi connectivity index (χ2n) is 3.22. The summed E-state index contributed by atoms with van der Waals surface area (Å²) in [5.41, 5.74) is 2.85. The minimum Gasteiger partial charge on any atom is -0.257 e. The lowest BCUT2D eigenvalue weighted by molar-refractivity contribution is 1.06. The maximum atomic E-state index is 5.60. The molecule has 0 aliphatic rings. The first-order valence-corrected chi connectivity index (χ1v) is 4.60. The fraction of sp³-hybridized carbons (Fsp3) is 0.0769. The summed E-state index contributed by atoms with van der Waals surface area (Å²) >= 11 is 0. The zero-order chi connectivity index (χ0) is 9.80. The Kier molecular flexibility index (Phi) is 2.59. The highest BCUT2D eigenvalue weighted by atomic mass is 14.7. The highest BCUT2D eigenvalue weighted by molar-refractivity contribution is 5.23. The summed E-state index contributed by atoms with van der Waals surface area (Å²) in [5.74, 6) is 0. The van der Waals surface area contributed by atoms with E-state index in [1.54, 1.807) is 6.07 Å². The Morgan fingerprint density at radius 2 is 1.71 bits per heavy atom. The molecule has 1 aromatic heterocycles. The molecule has 0 saturated heterocycles. The Hall–Kier alpha value is -1.63. The van der Waals surface area contributed by atoms with E-state index in [2.05, 4.69) is 17.1 Å². The molecule has 1 heteroatoms. The van der Waals surface area contributed by atoms with Crippen molar-refractivity contribution in [2.45, 2.75) is 6.42 Å². The van der Waals surface area contributed by atoms with Gasteiger partial charge in [-0.3, -0.25) is 4.98 Å². The molecule has 2 aromatic rings. The van der Waals surface area contributed by atoms with E-state index in [4.69, 9.17) is 6.92 Å². The van der Waals surface area contributed by atoms with Gasteiger partial charge < -0.3 is 0 Å². The maximum absolute atomic E-state index is 5.60. The largest absolute Gasteiger partial charge is 0.257 e. The number of nitrogens with zero attached hydrogens (tertiary/aromatic N) is 1. The van der Waals surface area contributed by atoms with Crippen LogP contribution in [-0.2, 0) is 6.42 Å². The van der Waals surface area contributed by atoms with E-state index < -0.39 is 0 Å². The first-order valence-electron chi connectivity index (χ1n) is 4.60. The van der Waals surface area contributed by atoms with Crippen molar-refractivity contribution in [3.05, 3.63) is 72.4 Å². The molecule has 0 spiro atoms. The molecule has 0 aliphatic carbocycles. The van der Waals surface area contributed by atoms with Crippen molar-refractivity contribution in [1.29, 1.82) is 0 Å².